The van der Waals surface area contributed by atoms with E-state index >= 15 is 0 Å². The van der Waals surface area contributed by atoms with Gasteiger partial charge in [-0.3, -0.25) is 14.6 Å². The molecule has 0 bridgehead atoms. The van der Waals surface area contributed by atoms with Gasteiger partial charge in [-0.05, 0) is 53.6 Å². The van der Waals surface area contributed by atoms with Crippen LogP contribution < -0.4 is 10.9 Å². The summed E-state index contributed by atoms with van der Waals surface area (Å²) in [5, 5.41) is 14.8. The standard InChI is InChI=1S/C24H20ClN3O3/c1-28-21-7-4-17(23(30)27-14-16-8-10-26-11-9-16)13-19(21)22(29)20(24(28)31)12-15-2-5-18(25)6-3-15/h2-11,13,29H,12,14H2,1H3,(H,27,30). The van der Waals surface area contributed by atoms with Crippen molar-refractivity contribution in [3.05, 3.63) is 105 Å². The third kappa shape index (κ3) is 4.29. The van der Waals surface area contributed by atoms with E-state index in [1.165, 1.54) is 4.57 Å². The molecule has 0 saturated carbocycles. The van der Waals surface area contributed by atoms with Crippen LogP contribution in [0.3, 0.4) is 0 Å². The summed E-state index contributed by atoms with van der Waals surface area (Å²) in [5.74, 6) is -0.386. The van der Waals surface area contributed by atoms with Crippen molar-refractivity contribution in [2.75, 3.05) is 0 Å². The highest BCUT2D eigenvalue weighted by atomic mass is 35.5. The summed E-state index contributed by atoms with van der Waals surface area (Å²) in [6, 6.07) is 15.7. The van der Waals surface area contributed by atoms with Gasteiger partial charge >= 0.3 is 0 Å². The molecule has 4 aromatic rings. The number of pyridine rings is 2. The minimum Gasteiger partial charge on any atom is -0.507 e. The summed E-state index contributed by atoms with van der Waals surface area (Å²) in [6.07, 6.45) is 3.58. The molecule has 2 aromatic heterocycles. The van der Waals surface area contributed by atoms with E-state index in [-0.39, 0.29) is 29.2 Å². The monoisotopic (exact) mass is 433 g/mol. The number of rotatable bonds is 5. The largest absolute Gasteiger partial charge is 0.507 e. The van der Waals surface area contributed by atoms with Crippen LogP contribution in [0.1, 0.15) is 27.0 Å². The molecular weight excluding hydrogens is 414 g/mol. The molecule has 31 heavy (non-hydrogen) atoms. The zero-order valence-electron chi connectivity index (χ0n) is 16.8. The number of aromatic hydroxyl groups is 1. The third-order valence-electron chi connectivity index (χ3n) is 5.22. The second-order valence-electron chi connectivity index (χ2n) is 7.26. The Kier molecular flexibility index (Phi) is 5.73. The second-order valence-corrected chi connectivity index (χ2v) is 7.70. The molecule has 0 aliphatic carbocycles. The number of aryl methyl sites for hydroxylation is 1. The van der Waals surface area contributed by atoms with E-state index in [4.69, 9.17) is 11.6 Å². The molecule has 156 valence electrons. The van der Waals surface area contributed by atoms with Gasteiger partial charge in [0.15, 0.2) is 0 Å². The molecule has 2 aromatic carbocycles. The molecule has 2 heterocycles. The maximum Gasteiger partial charge on any atom is 0.258 e. The Labute approximate surface area is 183 Å². The Morgan fingerprint density at radius 3 is 2.48 bits per heavy atom. The maximum absolute atomic E-state index is 12.8. The van der Waals surface area contributed by atoms with Crippen molar-refractivity contribution in [1.82, 2.24) is 14.9 Å². The number of hydrogen-bond donors (Lipinski definition) is 2. The Bertz CT molecular complexity index is 1320. The quantitative estimate of drug-likeness (QED) is 0.501. The first-order valence-corrected chi connectivity index (χ1v) is 10.1. The number of hydrogen-bond acceptors (Lipinski definition) is 4. The van der Waals surface area contributed by atoms with E-state index in [2.05, 4.69) is 10.3 Å². The minimum absolute atomic E-state index is 0.114. The van der Waals surface area contributed by atoms with Crippen molar-refractivity contribution in [2.24, 2.45) is 7.05 Å². The van der Waals surface area contributed by atoms with Gasteiger partial charge in [0.25, 0.3) is 11.5 Å². The average molecular weight is 434 g/mol. The van der Waals surface area contributed by atoms with Crippen LogP contribution in [-0.2, 0) is 20.0 Å². The summed E-state index contributed by atoms with van der Waals surface area (Å²) in [5.41, 5.74) is 2.71. The molecule has 4 rings (SSSR count). The van der Waals surface area contributed by atoms with Crippen LogP contribution >= 0.6 is 11.6 Å². The summed E-state index contributed by atoms with van der Waals surface area (Å²) in [7, 11) is 1.65. The van der Waals surface area contributed by atoms with Crippen LogP contribution in [-0.4, -0.2) is 20.6 Å². The normalized spacial score (nSPS) is 10.9. The van der Waals surface area contributed by atoms with E-state index in [1.807, 2.05) is 24.3 Å². The van der Waals surface area contributed by atoms with Crippen molar-refractivity contribution in [2.45, 2.75) is 13.0 Å². The smallest absolute Gasteiger partial charge is 0.258 e. The lowest BCUT2D eigenvalue weighted by molar-refractivity contribution is 0.0951. The fourth-order valence-corrected chi connectivity index (χ4v) is 3.61. The minimum atomic E-state index is -0.283. The van der Waals surface area contributed by atoms with Crippen molar-refractivity contribution < 1.29 is 9.90 Å². The first kappa shape index (κ1) is 20.6. The second kappa shape index (κ2) is 8.62. The Morgan fingerprint density at radius 2 is 1.77 bits per heavy atom. The SMILES string of the molecule is Cn1c(=O)c(Cc2ccc(Cl)cc2)c(O)c2cc(C(=O)NCc3ccncc3)ccc21. The van der Waals surface area contributed by atoms with Crippen LogP contribution in [0.25, 0.3) is 10.9 Å². The number of nitrogens with zero attached hydrogens (tertiary/aromatic N) is 2. The number of nitrogens with one attached hydrogen (secondary N) is 1. The van der Waals surface area contributed by atoms with Gasteiger partial charge in [0.05, 0.1) is 11.1 Å². The highest BCUT2D eigenvalue weighted by Gasteiger charge is 2.17. The number of aromatic nitrogens is 2. The van der Waals surface area contributed by atoms with Gasteiger partial charge in [0.1, 0.15) is 5.75 Å². The molecule has 0 radical (unpaired) electrons. The highest BCUT2D eigenvalue weighted by Crippen LogP contribution is 2.29. The van der Waals surface area contributed by atoms with Crippen LogP contribution in [0, 0.1) is 0 Å². The number of carbonyl (C=O) groups is 1. The van der Waals surface area contributed by atoms with Crippen LogP contribution in [0.15, 0.2) is 71.8 Å². The van der Waals surface area contributed by atoms with E-state index in [0.29, 0.717) is 28.0 Å². The molecule has 1 amide bonds. The van der Waals surface area contributed by atoms with Gasteiger partial charge in [-0.25, -0.2) is 0 Å². The Morgan fingerprint density at radius 1 is 1.06 bits per heavy atom. The Hall–Kier alpha value is -3.64. The van der Waals surface area contributed by atoms with Crippen molar-refractivity contribution in [1.29, 1.82) is 0 Å². The van der Waals surface area contributed by atoms with Gasteiger partial charge in [-0.2, -0.15) is 0 Å². The molecule has 0 saturated heterocycles. The van der Waals surface area contributed by atoms with E-state index in [0.717, 1.165) is 11.1 Å². The van der Waals surface area contributed by atoms with Crippen LogP contribution in [0.5, 0.6) is 5.75 Å². The number of amides is 1. The molecule has 7 heteroatoms. The van der Waals surface area contributed by atoms with Crippen LogP contribution in [0.4, 0.5) is 0 Å². The zero-order valence-corrected chi connectivity index (χ0v) is 17.6. The topological polar surface area (TPSA) is 84.2 Å². The first-order valence-electron chi connectivity index (χ1n) is 9.70. The predicted octanol–water partition coefficient (Wildman–Crippen LogP) is 3.81. The number of fused-ring (bicyclic) bond motifs is 1. The first-order chi connectivity index (χ1) is 14.9. The zero-order chi connectivity index (χ0) is 22.0. The van der Waals surface area contributed by atoms with E-state index in [9.17, 15) is 14.7 Å². The molecule has 2 N–H and O–H groups in total. The Balaban J connectivity index is 1.68. The molecule has 0 unspecified atom stereocenters. The lowest BCUT2D eigenvalue weighted by Gasteiger charge is -2.13. The molecule has 0 spiro atoms. The lowest BCUT2D eigenvalue weighted by atomic mass is 10.0. The summed E-state index contributed by atoms with van der Waals surface area (Å²) in [4.78, 5) is 29.4. The van der Waals surface area contributed by atoms with Crippen molar-refractivity contribution in [3.63, 3.8) is 0 Å². The van der Waals surface area contributed by atoms with Crippen molar-refractivity contribution in [3.8, 4) is 5.75 Å². The van der Waals surface area contributed by atoms with Gasteiger partial charge in [-0.1, -0.05) is 23.7 Å². The van der Waals surface area contributed by atoms with E-state index < -0.39 is 0 Å². The van der Waals surface area contributed by atoms with E-state index in [1.54, 1.807) is 49.8 Å². The van der Waals surface area contributed by atoms with Gasteiger partial charge in [0, 0.05) is 48.4 Å². The number of carbonyl (C=O) groups excluding carboxylic acids is 1. The lowest BCUT2D eigenvalue weighted by Crippen LogP contribution is -2.24. The molecular formula is C24H20ClN3O3. The summed E-state index contributed by atoms with van der Waals surface area (Å²) < 4.78 is 1.49. The molecule has 0 fully saturated rings. The molecule has 0 aliphatic rings. The number of benzene rings is 2. The van der Waals surface area contributed by atoms with Gasteiger partial charge in [0.2, 0.25) is 0 Å². The fraction of sp³-hybridized carbons (Fsp3) is 0.125. The predicted molar refractivity (Wildman–Crippen MR) is 121 cm³/mol. The summed E-state index contributed by atoms with van der Waals surface area (Å²) in [6.45, 7) is 0.362. The van der Waals surface area contributed by atoms with Crippen molar-refractivity contribution >= 4 is 28.4 Å². The average Bonchev–Trinajstić information content (AvgIpc) is 2.80. The van der Waals surface area contributed by atoms with Gasteiger partial charge < -0.3 is 15.0 Å². The van der Waals surface area contributed by atoms with Gasteiger partial charge in [-0.15, -0.1) is 0 Å². The fourth-order valence-electron chi connectivity index (χ4n) is 3.49. The highest BCUT2D eigenvalue weighted by molar-refractivity contribution is 6.30. The molecule has 6 nitrogen and oxygen atoms in total. The molecule has 0 atom stereocenters. The summed E-state index contributed by atoms with van der Waals surface area (Å²) >= 11 is 5.94. The molecule has 0 aliphatic heterocycles. The third-order valence-corrected chi connectivity index (χ3v) is 5.47. The number of halogens is 1. The van der Waals surface area contributed by atoms with Crippen LogP contribution in [0.2, 0.25) is 5.02 Å². The maximum atomic E-state index is 12.8.